The lowest BCUT2D eigenvalue weighted by atomic mass is 10.2. The summed E-state index contributed by atoms with van der Waals surface area (Å²) in [6, 6.07) is 0.0962. The van der Waals surface area contributed by atoms with Gasteiger partial charge in [-0.1, -0.05) is 0 Å². The maximum absolute atomic E-state index is 12.7. The van der Waals surface area contributed by atoms with Crippen LogP contribution in [0.4, 0.5) is 13.2 Å². The maximum atomic E-state index is 12.7. The number of nitrogens with zero attached hydrogens (tertiary/aromatic N) is 3. The summed E-state index contributed by atoms with van der Waals surface area (Å²) in [5.41, 5.74) is -1.07. The SMILES string of the molecule is O=C(O)COCC(=O)N1CCCC1c1nccc(C(F)(F)F)n1. The monoisotopic (exact) mass is 333 g/mol. The Morgan fingerprint density at radius 1 is 1.39 bits per heavy atom. The number of aliphatic carboxylic acids is 1. The van der Waals surface area contributed by atoms with Crippen molar-refractivity contribution >= 4 is 11.9 Å². The second kappa shape index (κ2) is 6.90. The van der Waals surface area contributed by atoms with Gasteiger partial charge in [0.1, 0.15) is 18.9 Å². The van der Waals surface area contributed by atoms with Crippen molar-refractivity contribution in [3.8, 4) is 0 Å². The van der Waals surface area contributed by atoms with E-state index in [4.69, 9.17) is 9.84 Å². The first-order valence-electron chi connectivity index (χ1n) is 6.78. The summed E-state index contributed by atoms with van der Waals surface area (Å²) in [4.78, 5) is 31.0. The molecule has 1 aromatic rings. The van der Waals surface area contributed by atoms with Crippen molar-refractivity contribution in [1.82, 2.24) is 14.9 Å². The number of likely N-dealkylation sites (tertiary alicyclic amines) is 1. The zero-order valence-electron chi connectivity index (χ0n) is 11.9. The molecule has 0 bridgehead atoms. The van der Waals surface area contributed by atoms with Crippen LogP contribution in [0.5, 0.6) is 0 Å². The van der Waals surface area contributed by atoms with Gasteiger partial charge in [-0.15, -0.1) is 0 Å². The molecule has 1 saturated heterocycles. The van der Waals surface area contributed by atoms with Crippen LogP contribution in [-0.2, 0) is 20.5 Å². The van der Waals surface area contributed by atoms with Crippen molar-refractivity contribution < 1.29 is 32.6 Å². The van der Waals surface area contributed by atoms with E-state index in [0.29, 0.717) is 19.4 Å². The quantitative estimate of drug-likeness (QED) is 0.872. The molecule has 2 heterocycles. The average Bonchev–Trinajstić information content (AvgIpc) is 2.95. The molecule has 2 rings (SSSR count). The highest BCUT2D eigenvalue weighted by molar-refractivity contribution is 5.78. The number of carbonyl (C=O) groups excluding carboxylic acids is 1. The van der Waals surface area contributed by atoms with Crippen molar-refractivity contribution in [2.24, 2.45) is 0 Å². The zero-order valence-corrected chi connectivity index (χ0v) is 11.9. The highest BCUT2D eigenvalue weighted by Crippen LogP contribution is 2.32. The number of hydrogen-bond acceptors (Lipinski definition) is 5. The molecule has 1 aromatic heterocycles. The van der Waals surface area contributed by atoms with Crippen molar-refractivity contribution in [1.29, 1.82) is 0 Å². The molecular formula is C13H14F3N3O4. The summed E-state index contributed by atoms with van der Waals surface area (Å²) in [7, 11) is 0. The van der Waals surface area contributed by atoms with Gasteiger partial charge in [0.25, 0.3) is 0 Å². The van der Waals surface area contributed by atoms with Gasteiger partial charge in [0.05, 0.1) is 6.04 Å². The minimum Gasteiger partial charge on any atom is -0.480 e. The van der Waals surface area contributed by atoms with Gasteiger partial charge < -0.3 is 14.7 Å². The third-order valence-corrected chi connectivity index (χ3v) is 3.29. The van der Waals surface area contributed by atoms with Crippen LogP contribution in [0.2, 0.25) is 0 Å². The number of halogens is 3. The highest BCUT2D eigenvalue weighted by atomic mass is 19.4. The van der Waals surface area contributed by atoms with Gasteiger partial charge in [-0.05, 0) is 18.9 Å². The van der Waals surface area contributed by atoms with Crippen LogP contribution >= 0.6 is 0 Å². The van der Waals surface area contributed by atoms with Gasteiger partial charge in [-0.3, -0.25) is 4.79 Å². The molecule has 0 spiro atoms. The molecule has 1 unspecified atom stereocenters. The summed E-state index contributed by atoms with van der Waals surface area (Å²) in [5.74, 6) is -1.80. The first kappa shape index (κ1) is 17.1. The number of carbonyl (C=O) groups is 2. The zero-order chi connectivity index (χ0) is 17.0. The summed E-state index contributed by atoms with van der Waals surface area (Å²) >= 11 is 0. The van der Waals surface area contributed by atoms with Crippen LogP contribution in [0.25, 0.3) is 0 Å². The maximum Gasteiger partial charge on any atom is 0.433 e. The van der Waals surface area contributed by atoms with E-state index in [0.717, 1.165) is 12.3 Å². The number of carboxylic acid groups (broad SMARTS) is 1. The third kappa shape index (κ3) is 4.38. The molecule has 7 nitrogen and oxygen atoms in total. The Labute approximate surface area is 129 Å². The fraction of sp³-hybridized carbons (Fsp3) is 0.538. The predicted octanol–water partition coefficient (Wildman–Crippen LogP) is 1.26. The largest absolute Gasteiger partial charge is 0.480 e. The molecule has 1 amide bonds. The van der Waals surface area contributed by atoms with Crippen molar-refractivity contribution in [3.63, 3.8) is 0 Å². The van der Waals surface area contributed by atoms with Crippen LogP contribution in [0, 0.1) is 0 Å². The van der Waals surface area contributed by atoms with E-state index < -0.39 is 43.0 Å². The van der Waals surface area contributed by atoms with Gasteiger partial charge in [-0.25, -0.2) is 14.8 Å². The van der Waals surface area contributed by atoms with Crippen LogP contribution in [0.3, 0.4) is 0 Å². The topological polar surface area (TPSA) is 92.6 Å². The number of ether oxygens (including phenoxy) is 1. The highest BCUT2D eigenvalue weighted by Gasteiger charge is 2.36. The second-order valence-corrected chi connectivity index (χ2v) is 4.93. The van der Waals surface area contributed by atoms with Crippen LogP contribution < -0.4 is 0 Å². The van der Waals surface area contributed by atoms with Crippen LogP contribution in [-0.4, -0.2) is 51.6 Å². The lowest BCUT2D eigenvalue weighted by molar-refractivity contribution is -0.146. The fourth-order valence-electron chi connectivity index (χ4n) is 2.33. The Bertz CT molecular complexity index is 594. The first-order chi connectivity index (χ1) is 10.8. The molecule has 1 fully saturated rings. The molecule has 0 aromatic carbocycles. The van der Waals surface area contributed by atoms with E-state index in [1.165, 1.54) is 4.90 Å². The molecular weight excluding hydrogens is 319 g/mol. The van der Waals surface area contributed by atoms with Gasteiger partial charge in [0, 0.05) is 12.7 Å². The van der Waals surface area contributed by atoms with Gasteiger partial charge in [0.15, 0.2) is 5.82 Å². The Balaban J connectivity index is 2.09. The van der Waals surface area contributed by atoms with E-state index in [1.54, 1.807) is 0 Å². The summed E-state index contributed by atoms with van der Waals surface area (Å²) in [6.07, 6.45) is -2.55. The van der Waals surface area contributed by atoms with Gasteiger partial charge in [-0.2, -0.15) is 13.2 Å². The molecule has 23 heavy (non-hydrogen) atoms. The Hall–Kier alpha value is -2.23. The molecule has 0 radical (unpaired) electrons. The second-order valence-electron chi connectivity index (χ2n) is 4.93. The lowest BCUT2D eigenvalue weighted by Crippen LogP contribution is -2.35. The molecule has 1 N–H and O–H groups in total. The number of aromatic nitrogens is 2. The minimum absolute atomic E-state index is 0.0797. The molecule has 0 aliphatic carbocycles. The Morgan fingerprint density at radius 2 is 2.13 bits per heavy atom. The standard InChI is InChI=1S/C13H14F3N3O4/c14-13(15,16)9-3-4-17-12(18-9)8-2-1-5-19(8)10(20)6-23-7-11(21)22/h3-4,8H,1-2,5-7H2,(H,21,22). The van der Waals surface area contributed by atoms with E-state index in [-0.39, 0.29) is 5.82 Å². The molecule has 1 aliphatic heterocycles. The number of hydrogen-bond donors (Lipinski definition) is 1. The Kier molecular flexibility index (Phi) is 5.14. The summed E-state index contributed by atoms with van der Waals surface area (Å²) in [6.45, 7) is -0.744. The first-order valence-corrected chi connectivity index (χ1v) is 6.78. The summed E-state index contributed by atoms with van der Waals surface area (Å²) in [5, 5.41) is 8.45. The van der Waals surface area contributed by atoms with Gasteiger partial charge >= 0.3 is 12.1 Å². The van der Waals surface area contributed by atoms with Crippen LogP contribution in [0.15, 0.2) is 12.3 Å². The smallest absolute Gasteiger partial charge is 0.433 e. The van der Waals surface area contributed by atoms with E-state index in [9.17, 15) is 22.8 Å². The Morgan fingerprint density at radius 3 is 2.78 bits per heavy atom. The van der Waals surface area contributed by atoms with E-state index >= 15 is 0 Å². The summed E-state index contributed by atoms with van der Waals surface area (Å²) < 4.78 is 42.8. The average molecular weight is 333 g/mol. The van der Waals surface area contributed by atoms with Crippen molar-refractivity contribution in [2.45, 2.75) is 25.1 Å². The molecule has 1 aliphatic rings. The molecule has 126 valence electrons. The minimum atomic E-state index is -4.59. The number of amides is 1. The molecule has 0 saturated carbocycles. The molecule has 10 heteroatoms. The van der Waals surface area contributed by atoms with E-state index in [2.05, 4.69) is 9.97 Å². The molecule has 1 atom stereocenters. The third-order valence-electron chi connectivity index (χ3n) is 3.29. The van der Waals surface area contributed by atoms with Crippen molar-refractivity contribution in [2.75, 3.05) is 19.8 Å². The predicted molar refractivity (Wildman–Crippen MR) is 69.2 cm³/mol. The number of alkyl halides is 3. The van der Waals surface area contributed by atoms with Gasteiger partial charge in [0.2, 0.25) is 5.91 Å². The fourth-order valence-corrected chi connectivity index (χ4v) is 2.33. The van der Waals surface area contributed by atoms with Crippen LogP contribution in [0.1, 0.15) is 30.4 Å². The van der Waals surface area contributed by atoms with E-state index in [1.807, 2.05) is 0 Å². The lowest BCUT2D eigenvalue weighted by Gasteiger charge is -2.23. The van der Waals surface area contributed by atoms with Crippen molar-refractivity contribution in [3.05, 3.63) is 23.8 Å². The number of carboxylic acids is 1. The number of rotatable bonds is 5. The normalized spacial score (nSPS) is 18.2.